The molecule has 104 valence electrons. The SMILES string of the molecule is CC(CNC(=O)C(N)CCc1ccccc1)C(=O)O. The largest absolute Gasteiger partial charge is 0.481 e. The Morgan fingerprint density at radius 3 is 2.53 bits per heavy atom. The van der Waals surface area contributed by atoms with E-state index < -0.39 is 17.9 Å². The summed E-state index contributed by atoms with van der Waals surface area (Å²) >= 11 is 0. The highest BCUT2D eigenvalue weighted by Crippen LogP contribution is 2.04. The minimum atomic E-state index is -0.932. The van der Waals surface area contributed by atoms with Gasteiger partial charge in [0.05, 0.1) is 12.0 Å². The van der Waals surface area contributed by atoms with Gasteiger partial charge in [-0.3, -0.25) is 9.59 Å². The number of carboxylic acid groups (broad SMARTS) is 1. The van der Waals surface area contributed by atoms with E-state index in [1.54, 1.807) is 0 Å². The minimum Gasteiger partial charge on any atom is -0.481 e. The van der Waals surface area contributed by atoms with Gasteiger partial charge in [0.15, 0.2) is 0 Å². The van der Waals surface area contributed by atoms with Gasteiger partial charge >= 0.3 is 5.97 Å². The Balaban J connectivity index is 2.31. The van der Waals surface area contributed by atoms with E-state index in [1.807, 2.05) is 30.3 Å². The number of hydrogen-bond donors (Lipinski definition) is 3. The molecule has 1 rings (SSSR count). The van der Waals surface area contributed by atoms with Crippen molar-refractivity contribution in [3.8, 4) is 0 Å². The van der Waals surface area contributed by atoms with Crippen LogP contribution in [0.2, 0.25) is 0 Å². The molecule has 2 unspecified atom stereocenters. The molecule has 0 spiro atoms. The maximum absolute atomic E-state index is 11.7. The quantitative estimate of drug-likeness (QED) is 0.678. The second kappa shape index (κ2) is 7.53. The predicted molar refractivity (Wildman–Crippen MR) is 72.5 cm³/mol. The number of nitrogens with two attached hydrogens (primary N) is 1. The number of nitrogens with one attached hydrogen (secondary N) is 1. The normalized spacial score (nSPS) is 13.6. The van der Waals surface area contributed by atoms with E-state index in [0.717, 1.165) is 12.0 Å². The van der Waals surface area contributed by atoms with Crippen molar-refractivity contribution in [2.24, 2.45) is 11.7 Å². The average molecular weight is 264 g/mol. The summed E-state index contributed by atoms with van der Waals surface area (Å²) in [5, 5.41) is 11.3. The van der Waals surface area contributed by atoms with E-state index in [1.165, 1.54) is 6.92 Å². The second-order valence-corrected chi connectivity index (χ2v) is 4.62. The van der Waals surface area contributed by atoms with Gasteiger partial charge in [0.25, 0.3) is 0 Å². The molecule has 1 aromatic carbocycles. The van der Waals surface area contributed by atoms with Crippen LogP contribution in [-0.2, 0) is 16.0 Å². The van der Waals surface area contributed by atoms with Crippen LogP contribution >= 0.6 is 0 Å². The fourth-order valence-electron chi connectivity index (χ4n) is 1.57. The summed E-state index contributed by atoms with van der Waals surface area (Å²) in [6.45, 7) is 1.64. The minimum absolute atomic E-state index is 0.104. The molecule has 0 aliphatic carbocycles. The van der Waals surface area contributed by atoms with Gasteiger partial charge in [0.1, 0.15) is 0 Å². The molecule has 5 nitrogen and oxygen atoms in total. The van der Waals surface area contributed by atoms with Crippen molar-refractivity contribution in [2.45, 2.75) is 25.8 Å². The molecule has 0 radical (unpaired) electrons. The number of hydrogen-bond acceptors (Lipinski definition) is 3. The van der Waals surface area contributed by atoms with Gasteiger partial charge in [0, 0.05) is 6.54 Å². The number of amides is 1. The second-order valence-electron chi connectivity index (χ2n) is 4.62. The highest BCUT2D eigenvalue weighted by atomic mass is 16.4. The van der Waals surface area contributed by atoms with Crippen molar-refractivity contribution in [2.75, 3.05) is 6.54 Å². The third kappa shape index (κ3) is 5.52. The first-order valence-electron chi connectivity index (χ1n) is 6.30. The van der Waals surface area contributed by atoms with Crippen LogP contribution in [0.3, 0.4) is 0 Å². The first-order valence-corrected chi connectivity index (χ1v) is 6.30. The zero-order valence-corrected chi connectivity index (χ0v) is 11.0. The molecular weight excluding hydrogens is 244 g/mol. The summed E-state index contributed by atoms with van der Waals surface area (Å²) in [6, 6.07) is 9.17. The van der Waals surface area contributed by atoms with Gasteiger partial charge in [-0.1, -0.05) is 37.3 Å². The Bertz CT molecular complexity index is 420. The Morgan fingerprint density at radius 2 is 1.95 bits per heavy atom. The molecule has 0 saturated heterocycles. The number of carbonyl (C=O) groups is 2. The van der Waals surface area contributed by atoms with Crippen LogP contribution in [0.1, 0.15) is 18.9 Å². The van der Waals surface area contributed by atoms with E-state index in [-0.39, 0.29) is 12.5 Å². The van der Waals surface area contributed by atoms with E-state index in [2.05, 4.69) is 5.32 Å². The number of carboxylic acids is 1. The van der Waals surface area contributed by atoms with Crippen LogP contribution in [0.15, 0.2) is 30.3 Å². The van der Waals surface area contributed by atoms with Crippen LogP contribution in [-0.4, -0.2) is 29.6 Å². The van der Waals surface area contributed by atoms with Crippen molar-refractivity contribution >= 4 is 11.9 Å². The van der Waals surface area contributed by atoms with Crippen molar-refractivity contribution in [3.05, 3.63) is 35.9 Å². The summed E-state index contributed by atoms with van der Waals surface area (Å²) in [7, 11) is 0. The maximum atomic E-state index is 11.7. The average Bonchev–Trinajstić information content (AvgIpc) is 2.42. The van der Waals surface area contributed by atoms with Crippen molar-refractivity contribution in [3.63, 3.8) is 0 Å². The molecule has 0 heterocycles. The first-order chi connectivity index (χ1) is 9.00. The summed E-state index contributed by atoms with van der Waals surface area (Å²) in [6.07, 6.45) is 1.27. The zero-order valence-electron chi connectivity index (χ0n) is 11.0. The molecule has 0 bridgehead atoms. The lowest BCUT2D eigenvalue weighted by atomic mass is 10.1. The summed E-state index contributed by atoms with van der Waals surface area (Å²) < 4.78 is 0. The van der Waals surface area contributed by atoms with Crippen LogP contribution in [0.5, 0.6) is 0 Å². The van der Waals surface area contributed by atoms with Crippen molar-refractivity contribution in [1.29, 1.82) is 0 Å². The van der Waals surface area contributed by atoms with Gasteiger partial charge in [-0.25, -0.2) is 0 Å². The lowest BCUT2D eigenvalue weighted by Gasteiger charge is -2.13. The highest BCUT2D eigenvalue weighted by molar-refractivity contribution is 5.82. The summed E-state index contributed by atoms with van der Waals surface area (Å²) in [4.78, 5) is 22.3. The van der Waals surface area contributed by atoms with Crippen LogP contribution in [0.4, 0.5) is 0 Å². The molecule has 1 amide bonds. The number of aryl methyl sites for hydroxylation is 1. The fourth-order valence-corrected chi connectivity index (χ4v) is 1.57. The number of carbonyl (C=O) groups excluding carboxylic acids is 1. The van der Waals surface area contributed by atoms with Crippen LogP contribution in [0, 0.1) is 5.92 Å². The summed E-state index contributed by atoms with van der Waals surface area (Å²) in [5.41, 5.74) is 6.90. The molecule has 0 aromatic heterocycles. The fraction of sp³-hybridized carbons (Fsp3) is 0.429. The van der Waals surface area contributed by atoms with Crippen LogP contribution < -0.4 is 11.1 Å². The maximum Gasteiger partial charge on any atom is 0.308 e. The molecule has 5 heteroatoms. The topological polar surface area (TPSA) is 92.4 Å². The number of benzene rings is 1. The molecule has 0 aliphatic heterocycles. The molecule has 19 heavy (non-hydrogen) atoms. The Kier molecular flexibility index (Phi) is 6.02. The van der Waals surface area contributed by atoms with Gasteiger partial charge in [-0.05, 0) is 18.4 Å². The van der Waals surface area contributed by atoms with E-state index in [9.17, 15) is 9.59 Å². The van der Waals surface area contributed by atoms with E-state index >= 15 is 0 Å². The lowest BCUT2D eigenvalue weighted by molar-refractivity contribution is -0.141. The van der Waals surface area contributed by atoms with Crippen molar-refractivity contribution < 1.29 is 14.7 Å². The first kappa shape index (κ1) is 15.2. The van der Waals surface area contributed by atoms with Gasteiger partial charge in [0.2, 0.25) is 5.91 Å². The molecule has 0 aliphatic rings. The highest BCUT2D eigenvalue weighted by Gasteiger charge is 2.16. The predicted octanol–water partition coefficient (Wildman–Crippen LogP) is 0.783. The number of rotatable bonds is 7. The molecule has 0 fully saturated rings. The Labute approximate surface area is 112 Å². The van der Waals surface area contributed by atoms with Gasteiger partial charge < -0.3 is 16.2 Å². The molecule has 2 atom stereocenters. The van der Waals surface area contributed by atoms with E-state index in [4.69, 9.17) is 10.8 Å². The van der Waals surface area contributed by atoms with Crippen molar-refractivity contribution in [1.82, 2.24) is 5.32 Å². The molecular formula is C14H20N2O3. The third-order valence-electron chi connectivity index (χ3n) is 2.93. The Hall–Kier alpha value is -1.88. The molecule has 1 aromatic rings. The Morgan fingerprint density at radius 1 is 1.32 bits per heavy atom. The monoisotopic (exact) mass is 264 g/mol. The van der Waals surface area contributed by atoms with Gasteiger partial charge in [-0.2, -0.15) is 0 Å². The summed E-state index contributed by atoms with van der Waals surface area (Å²) in [5.74, 6) is -1.84. The van der Waals surface area contributed by atoms with Gasteiger partial charge in [-0.15, -0.1) is 0 Å². The standard InChI is InChI=1S/C14H20N2O3/c1-10(14(18)19)9-16-13(17)12(15)8-7-11-5-3-2-4-6-11/h2-6,10,12H,7-9,15H2,1H3,(H,16,17)(H,18,19). The van der Waals surface area contributed by atoms with E-state index in [0.29, 0.717) is 6.42 Å². The molecule has 0 saturated carbocycles. The smallest absolute Gasteiger partial charge is 0.308 e. The third-order valence-corrected chi connectivity index (χ3v) is 2.93. The number of aliphatic carboxylic acids is 1. The van der Waals surface area contributed by atoms with Crippen LogP contribution in [0.25, 0.3) is 0 Å². The zero-order chi connectivity index (χ0) is 14.3. The molecule has 4 N–H and O–H groups in total. The lowest BCUT2D eigenvalue weighted by Crippen LogP contribution is -2.43.